The minimum Gasteiger partial charge on any atom is -0.307 e. The van der Waals surface area contributed by atoms with E-state index in [1.165, 1.54) is 4.88 Å². The molecule has 1 atom stereocenters. The predicted octanol–water partition coefficient (Wildman–Crippen LogP) is 3.32. The summed E-state index contributed by atoms with van der Waals surface area (Å²) in [5.74, 6) is 0. The number of thiophene rings is 1. The van der Waals surface area contributed by atoms with Gasteiger partial charge >= 0.3 is 0 Å². The lowest BCUT2D eigenvalue weighted by Gasteiger charge is -2.11. The lowest BCUT2D eigenvalue weighted by atomic mass is 10.2. The number of halogens is 2. The van der Waals surface area contributed by atoms with Crippen molar-refractivity contribution in [1.29, 1.82) is 0 Å². The minimum atomic E-state index is 0.147. The van der Waals surface area contributed by atoms with Gasteiger partial charge in [0.05, 0.1) is 15.5 Å². The van der Waals surface area contributed by atoms with E-state index in [0.29, 0.717) is 0 Å². The third-order valence-electron chi connectivity index (χ3n) is 2.27. The molecule has 2 rings (SSSR count). The van der Waals surface area contributed by atoms with Gasteiger partial charge in [-0.3, -0.25) is 4.68 Å². The molecule has 3 nitrogen and oxygen atoms in total. The highest BCUT2D eigenvalue weighted by molar-refractivity contribution is 9.13. The summed E-state index contributed by atoms with van der Waals surface area (Å²) in [5, 5.41) is 7.71. The van der Waals surface area contributed by atoms with Gasteiger partial charge in [0, 0.05) is 22.6 Å². The molecule has 0 aliphatic rings. The van der Waals surface area contributed by atoms with Crippen LogP contribution in [0.4, 0.5) is 0 Å². The van der Waals surface area contributed by atoms with Gasteiger partial charge in [-0.1, -0.05) is 0 Å². The fraction of sp³-hybridized carbons (Fsp3) is 0.300. The molecule has 0 fully saturated rings. The topological polar surface area (TPSA) is 29.9 Å². The number of aryl methyl sites for hydroxylation is 1. The molecule has 0 bridgehead atoms. The summed E-state index contributed by atoms with van der Waals surface area (Å²) in [4.78, 5) is 1.24. The summed E-state index contributed by atoms with van der Waals surface area (Å²) < 4.78 is 4.01. The molecule has 16 heavy (non-hydrogen) atoms. The number of hydrogen-bond acceptors (Lipinski definition) is 3. The zero-order valence-electron chi connectivity index (χ0n) is 8.87. The Labute approximate surface area is 115 Å². The number of hydrogen-bond donors (Lipinski definition) is 1. The molecule has 0 spiro atoms. The van der Waals surface area contributed by atoms with Crippen LogP contribution in [0.2, 0.25) is 0 Å². The first kappa shape index (κ1) is 12.3. The molecule has 0 aliphatic carbocycles. The molecule has 0 amide bonds. The van der Waals surface area contributed by atoms with E-state index in [2.05, 4.69) is 48.3 Å². The second-order valence-electron chi connectivity index (χ2n) is 3.41. The van der Waals surface area contributed by atoms with Crippen LogP contribution in [0.1, 0.15) is 16.6 Å². The van der Waals surface area contributed by atoms with E-state index < -0.39 is 0 Å². The molecule has 0 radical (unpaired) electrons. The molecule has 2 heterocycles. The molecule has 1 unspecified atom stereocenters. The van der Waals surface area contributed by atoms with E-state index in [4.69, 9.17) is 0 Å². The zero-order chi connectivity index (χ0) is 11.7. The maximum absolute atomic E-state index is 4.43. The van der Waals surface area contributed by atoms with Crippen molar-refractivity contribution in [3.05, 3.63) is 37.2 Å². The highest BCUT2D eigenvalue weighted by Gasteiger charge is 2.18. The maximum atomic E-state index is 4.43. The van der Waals surface area contributed by atoms with Crippen LogP contribution in [0.3, 0.4) is 0 Å². The van der Waals surface area contributed by atoms with Crippen molar-refractivity contribution in [2.24, 2.45) is 7.05 Å². The van der Waals surface area contributed by atoms with Gasteiger partial charge in [-0.2, -0.15) is 5.10 Å². The summed E-state index contributed by atoms with van der Waals surface area (Å²) in [6.07, 6.45) is 1.96. The van der Waals surface area contributed by atoms with Gasteiger partial charge in [0.25, 0.3) is 0 Å². The molecular formula is C10H11Br2N3S. The predicted molar refractivity (Wildman–Crippen MR) is 73.8 cm³/mol. The van der Waals surface area contributed by atoms with E-state index in [-0.39, 0.29) is 6.04 Å². The molecule has 0 saturated carbocycles. The second-order valence-corrected chi connectivity index (χ2v) is 6.66. The van der Waals surface area contributed by atoms with Gasteiger partial charge < -0.3 is 5.32 Å². The minimum absolute atomic E-state index is 0.147. The number of aromatic nitrogens is 2. The Bertz CT molecular complexity index is 472. The summed E-state index contributed by atoms with van der Waals surface area (Å²) in [7, 11) is 3.87. The smallest absolute Gasteiger partial charge is 0.0862 e. The van der Waals surface area contributed by atoms with Crippen LogP contribution in [0.15, 0.2) is 26.6 Å². The lowest BCUT2D eigenvalue weighted by Crippen LogP contribution is -2.17. The Morgan fingerprint density at radius 3 is 2.69 bits per heavy atom. The van der Waals surface area contributed by atoms with E-state index in [0.717, 1.165) is 14.0 Å². The third kappa shape index (κ3) is 2.40. The van der Waals surface area contributed by atoms with Crippen molar-refractivity contribution < 1.29 is 0 Å². The Morgan fingerprint density at radius 1 is 1.50 bits per heavy atom. The van der Waals surface area contributed by atoms with Gasteiger partial charge in [0.15, 0.2) is 0 Å². The van der Waals surface area contributed by atoms with Crippen LogP contribution in [-0.2, 0) is 7.05 Å². The van der Waals surface area contributed by atoms with Crippen molar-refractivity contribution in [3.8, 4) is 0 Å². The van der Waals surface area contributed by atoms with E-state index in [1.807, 2.05) is 31.0 Å². The van der Waals surface area contributed by atoms with Gasteiger partial charge in [-0.15, -0.1) is 11.3 Å². The summed E-state index contributed by atoms with van der Waals surface area (Å²) in [6, 6.07) is 4.29. The molecule has 0 aromatic carbocycles. The molecule has 0 aliphatic heterocycles. The standard InChI is InChI=1S/C10H11Br2N3S/c1-13-9(7-3-4-15(2)14-7)8-5-6(11)10(12)16-8/h3-5,9,13H,1-2H3. The highest BCUT2D eigenvalue weighted by Crippen LogP contribution is 2.36. The van der Waals surface area contributed by atoms with E-state index in [9.17, 15) is 0 Å². The average Bonchev–Trinajstić information content (AvgIpc) is 2.77. The third-order valence-corrected chi connectivity index (χ3v) is 5.59. The number of rotatable bonds is 3. The van der Waals surface area contributed by atoms with Crippen LogP contribution in [0, 0.1) is 0 Å². The monoisotopic (exact) mass is 363 g/mol. The normalized spacial score (nSPS) is 13.0. The Hall–Kier alpha value is -0.170. The first-order valence-corrected chi connectivity index (χ1v) is 7.13. The highest BCUT2D eigenvalue weighted by atomic mass is 79.9. The van der Waals surface area contributed by atoms with E-state index in [1.54, 1.807) is 11.3 Å². The molecule has 6 heteroatoms. The maximum Gasteiger partial charge on any atom is 0.0862 e. The number of nitrogens with zero attached hydrogens (tertiary/aromatic N) is 2. The summed E-state index contributed by atoms with van der Waals surface area (Å²) in [6.45, 7) is 0. The fourth-order valence-corrected chi connectivity index (χ4v) is 3.74. The Kier molecular flexibility index (Phi) is 3.84. The summed E-state index contributed by atoms with van der Waals surface area (Å²) >= 11 is 8.72. The molecule has 2 aromatic heterocycles. The van der Waals surface area contributed by atoms with Crippen molar-refractivity contribution in [2.75, 3.05) is 7.05 Å². The number of nitrogens with one attached hydrogen (secondary N) is 1. The van der Waals surface area contributed by atoms with Gasteiger partial charge in [-0.05, 0) is 51.0 Å². The first-order valence-electron chi connectivity index (χ1n) is 4.73. The van der Waals surface area contributed by atoms with E-state index >= 15 is 0 Å². The first-order chi connectivity index (χ1) is 7.61. The van der Waals surface area contributed by atoms with Gasteiger partial charge in [-0.25, -0.2) is 0 Å². The van der Waals surface area contributed by atoms with Gasteiger partial charge in [0.2, 0.25) is 0 Å². The van der Waals surface area contributed by atoms with Crippen LogP contribution in [0.5, 0.6) is 0 Å². The van der Waals surface area contributed by atoms with Crippen molar-refractivity contribution in [2.45, 2.75) is 6.04 Å². The summed E-state index contributed by atoms with van der Waals surface area (Å²) in [5.41, 5.74) is 1.03. The molecule has 0 saturated heterocycles. The Balaban J connectivity index is 2.36. The largest absolute Gasteiger partial charge is 0.307 e. The zero-order valence-corrected chi connectivity index (χ0v) is 12.9. The van der Waals surface area contributed by atoms with Crippen LogP contribution in [-0.4, -0.2) is 16.8 Å². The SMILES string of the molecule is CNC(c1ccn(C)n1)c1cc(Br)c(Br)s1. The van der Waals surface area contributed by atoms with Crippen molar-refractivity contribution in [1.82, 2.24) is 15.1 Å². The van der Waals surface area contributed by atoms with Gasteiger partial charge in [0.1, 0.15) is 0 Å². The van der Waals surface area contributed by atoms with Crippen molar-refractivity contribution >= 4 is 43.2 Å². The van der Waals surface area contributed by atoms with Crippen LogP contribution < -0.4 is 5.32 Å². The fourth-order valence-electron chi connectivity index (χ4n) is 1.53. The second kappa shape index (κ2) is 5.00. The average molecular weight is 365 g/mol. The molecular weight excluding hydrogens is 354 g/mol. The Morgan fingerprint density at radius 2 is 2.25 bits per heavy atom. The molecule has 1 N–H and O–H groups in total. The van der Waals surface area contributed by atoms with Crippen LogP contribution in [0.25, 0.3) is 0 Å². The quantitative estimate of drug-likeness (QED) is 0.905. The lowest BCUT2D eigenvalue weighted by molar-refractivity contribution is 0.650. The van der Waals surface area contributed by atoms with Crippen molar-refractivity contribution in [3.63, 3.8) is 0 Å². The molecule has 86 valence electrons. The van der Waals surface area contributed by atoms with Crippen LogP contribution >= 0.6 is 43.2 Å². The molecule has 2 aromatic rings.